The van der Waals surface area contributed by atoms with E-state index in [1.54, 1.807) is 24.3 Å². The van der Waals surface area contributed by atoms with E-state index in [4.69, 9.17) is 16.0 Å². The summed E-state index contributed by atoms with van der Waals surface area (Å²) < 4.78 is 5.26. The number of hydrogen-bond donors (Lipinski definition) is 1. The lowest BCUT2D eigenvalue weighted by molar-refractivity contribution is 0.0747. The molecule has 128 valence electrons. The van der Waals surface area contributed by atoms with Crippen molar-refractivity contribution in [1.82, 2.24) is 9.88 Å². The molecule has 1 aliphatic rings. The molecule has 3 aromatic rings. The number of piperazine rings is 1. The number of benzene rings is 2. The number of oxazole rings is 1. The van der Waals surface area contributed by atoms with Crippen molar-refractivity contribution in [2.75, 3.05) is 31.1 Å². The molecular weight excluding hydrogens is 342 g/mol. The highest BCUT2D eigenvalue weighted by molar-refractivity contribution is 6.30. The highest BCUT2D eigenvalue weighted by Crippen LogP contribution is 2.26. The summed E-state index contributed by atoms with van der Waals surface area (Å²) in [6.45, 7) is 2.52. The summed E-state index contributed by atoms with van der Waals surface area (Å²) in [5.74, 6) is -0.481. The molecule has 0 bridgehead atoms. The van der Waals surface area contributed by atoms with Gasteiger partial charge in [0.25, 0.3) is 5.91 Å². The van der Waals surface area contributed by atoms with E-state index >= 15 is 0 Å². The van der Waals surface area contributed by atoms with Crippen LogP contribution < -0.4 is 10.7 Å². The maximum atomic E-state index is 12.6. The average molecular weight is 358 g/mol. The van der Waals surface area contributed by atoms with E-state index in [1.165, 1.54) is 0 Å². The lowest BCUT2D eigenvalue weighted by Crippen LogP contribution is -2.48. The molecule has 0 radical (unpaired) electrons. The quantitative estimate of drug-likeness (QED) is 0.765. The van der Waals surface area contributed by atoms with Crippen LogP contribution in [0.2, 0.25) is 5.02 Å². The second-order valence-electron chi connectivity index (χ2n) is 5.96. The predicted molar refractivity (Wildman–Crippen MR) is 96.4 cm³/mol. The number of aromatic nitrogens is 1. The van der Waals surface area contributed by atoms with Gasteiger partial charge in [-0.25, -0.2) is 4.79 Å². The molecule has 0 spiro atoms. The van der Waals surface area contributed by atoms with Gasteiger partial charge >= 0.3 is 5.76 Å². The molecule has 4 rings (SSSR count). The number of carbonyl (C=O) groups is 1. The van der Waals surface area contributed by atoms with Crippen molar-refractivity contribution in [3.05, 3.63) is 63.6 Å². The van der Waals surface area contributed by atoms with Gasteiger partial charge in [0.15, 0.2) is 5.58 Å². The number of aromatic amines is 1. The Morgan fingerprint density at radius 1 is 1.08 bits per heavy atom. The van der Waals surface area contributed by atoms with Crippen LogP contribution in [0.25, 0.3) is 11.1 Å². The molecule has 1 N–H and O–H groups in total. The Bertz CT molecular complexity index is 986. The molecule has 2 heterocycles. The van der Waals surface area contributed by atoms with Gasteiger partial charge in [-0.15, -0.1) is 0 Å². The fourth-order valence-electron chi connectivity index (χ4n) is 3.16. The zero-order valence-electron chi connectivity index (χ0n) is 13.4. The average Bonchev–Trinajstić information content (AvgIpc) is 3.01. The predicted octanol–water partition coefficient (Wildman–Crippen LogP) is 2.74. The maximum Gasteiger partial charge on any atom is 0.417 e. The van der Waals surface area contributed by atoms with E-state index in [0.717, 1.165) is 5.69 Å². The lowest BCUT2D eigenvalue weighted by Gasteiger charge is -2.36. The number of carbonyl (C=O) groups excluding carboxylic acids is 1. The van der Waals surface area contributed by atoms with E-state index in [1.807, 2.05) is 23.1 Å². The second-order valence-corrected chi connectivity index (χ2v) is 6.39. The van der Waals surface area contributed by atoms with Crippen LogP contribution in [-0.2, 0) is 0 Å². The molecule has 7 heteroatoms. The lowest BCUT2D eigenvalue weighted by atomic mass is 10.1. The summed E-state index contributed by atoms with van der Waals surface area (Å²) in [6, 6.07) is 12.6. The Kier molecular flexibility index (Phi) is 3.97. The summed E-state index contributed by atoms with van der Waals surface area (Å²) in [5.41, 5.74) is 2.70. The molecule has 0 aliphatic carbocycles. The van der Waals surface area contributed by atoms with Crippen molar-refractivity contribution in [2.45, 2.75) is 0 Å². The third kappa shape index (κ3) is 3.00. The number of hydrogen-bond acceptors (Lipinski definition) is 4. The molecule has 0 atom stereocenters. The first-order chi connectivity index (χ1) is 12.1. The van der Waals surface area contributed by atoms with E-state index in [9.17, 15) is 9.59 Å². The van der Waals surface area contributed by atoms with E-state index in [0.29, 0.717) is 47.9 Å². The van der Waals surface area contributed by atoms with Gasteiger partial charge in [0, 0.05) is 36.8 Å². The van der Waals surface area contributed by atoms with Crippen LogP contribution in [0.4, 0.5) is 5.69 Å². The number of amides is 1. The monoisotopic (exact) mass is 357 g/mol. The van der Waals surface area contributed by atoms with Gasteiger partial charge < -0.3 is 14.2 Å². The summed E-state index contributed by atoms with van der Waals surface area (Å²) in [4.78, 5) is 30.6. The molecule has 1 saturated heterocycles. The van der Waals surface area contributed by atoms with Crippen LogP contribution in [0.15, 0.2) is 51.7 Å². The molecule has 2 aromatic carbocycles. The van der Waals surface area contributed by atoms with Crippen LogP contribution in [0, 0.1) is 0 Å². The Labute approximate surface area is 148 Å². The van der Waals surface area contributed by atoms with Crippen molar-refractivity contribution in [1.29, 1.82) is 0 Å². The van der Waals surface area contributed by atoms with Crippen LogP contribution in [-0.4, -0.2) is 42.0 Å². The van der Waals surface area contributed by atoms with Crippen LogP contribution in [0.5, 0.6) is 0 Å². The number of halogens is 1. The number of nitrogens with zero attached hydrogens (tertiary/aromatic N) is 2. The minimum absolute atomic E-state index is 0.0199. The maximum absolute atomic E-state index is 12.6. The Morgan fingerprint density at radius 2 is 1.84 bits per heavy atom. The molecule has 25 heavy (non-hydrogen) atoms. The highest BCUT2D eigenvalue weighted by atomic mass is 35.5. The zero-order valence-corrected chi connectivity index (χ0v) is 14.1. The minimum atomic E-state index is -0.461. The van der Waals surface area contributed by atoms with Crippen molar-refractivity contribution in [3.63, 3.8) is 0 Å². The standard InChI is InChI=1S/C18H16ClN3O3/c19-13-4-1-3-12(11-13)17(23)22-9-7-21(8-10-22)15-6-2-5-14-16(15)25-18(24)20-14/h1-6,11H,7-10H2,(H,20,24). The third-order valence-corrected chi connectivity index (χ3v) is 4.64. The molecule has 1 amide bonds. The van der Waals surface area contributed by atoms with Gasteiger partial charge in [-0.05, 0) is 30.3 Å². The second kappa shape index (κ2) is 6.29. The molecule has 1 fully saturated rings. The van der Waals surface area contributed by atoms with Crippen molar-refractivity contribution in [2.24, 2.45) is 0 Å². The summed E-state index contributed by atoms with van der Waals surface area (Å²) in [6.07, 6.45) is 0. The topological polar surface area (TPSA) is 69.6 Å². The number of anilines is 1. The van der Waals surface area contributed by atoms with Gasteiger partial charge in [0.05, 0.1) is 11.2 Å². The molecule has 1 aromatic heterocycles. The normalized spacial score (nSPS) is 14.9. The van der Waals surface area contributed by atoms with Gasteiger partial charge in [0.2, 0.25) is 0 Å². The molecular formula is C18H16ClN3O3. The summed E-state index contributed by atoms with van der Waals surface area (Å²) in [7, 11) is 0. The zero-order chi connectivity index (χ0) is 17.4. The molecule has 0 unspecified atom stereocenters. The van der Waals surface area contributed by atoms with Gasteiger partial charge in [-0.1, -0.05) is 23.7 Å². The smallest absolute Gasteiger partial charge is 0.406 e. The first kappa shape index (κ1) is 15.8. The fourth-order valence-corrected chi connectivity index (χ4v) is 3.35. The van der Waals surface area contributed by atoms with Gasteiger partial charge in [-0.3, -0.25) is 9.78 Å². The highest BCUT2D eigenvalue weighted by Gasteiger charge is 2.24. The Balaban J connectivity index is 1.51. The molecule has 0 saturated carbocycles. The minimum Gasteiger partial charge on any atom is -0.406 e. The largest absolute Gasteiger partial charge is 0.417 e. The summed E-state index contributed by atoms with van der Waals surface area (Å²) in [5, 5.41) is 0.554. The third-order valence-electron chi connectivity index (χ3n) is 4.40. The van der Waals surface area contributed by atoms with E-state index in [2.05, 4.69) is 9.88 Å². The number of rotatable bonds is 2. The molecule has 6 nitrogen and oxygen atoms in total. The van der Waals surface area contributed by atoms with E-state index in [-0.39, 0.29) is 5.91 Å². The Hall–Kier alpha value is -2.73. The number of H-pyrrole nitrogens is 1. The van der Waals surface area contributed by atoms with Crippen molar-refractivity contribution in [3.8, 4) is 0 Å². The van der Waals surface area contributed by atoms with Crippen molar-refractivity contribution < 1.29 is 9.21 Å². The Morgan fingerprint density at radius 3 is 2.60 bits per heavy atom. The first-order valence-corrected chi connectivity index (χ1v) is 8.41. The van der Waals surface area contributed by atoms with Crippen LogP contribution in [0.1, 0.15) is 10.4 Å². The molecule has 1 aliphatic heterocycles. The van der Waals surface area contributed by atoms with Gasteiger partial charge in [-0.2, -0.15) is 0 Å². The first-order valence-electron chi connectivity index (χ1n) is 8.03. The number of para-hydroxylation sites is 1. The van der Waals surface area contributed by atoms with Crippen molar-refractivity contribution >= 4 is 34.3 Å². The van der Waals surface area contributed by atoms with E-state index < -0.39 is 5.76 Å². The summed E-state index contributed by atoms with van der Waals surface area (Å²) >= 11 is 5.97. The fraction of sp³-hybridized carbons (Fsp3) is 0.222. The van der Waals surface area contributed by atoms with Crippen LogP contribution >= 0.6 is 11.6 Å². The van der Waals surface area contributed by atoms with Gasteiger partial charge in [0.1, 0.15) is 0 Å². The number of fused-ring (bicyclic) bond motifs is 1. The van der Waals surface area contributed by atoms with Crippen LogP contribution in [0.3, 0.4) is 0 Å². The SMILES string of the molecule is O=C(c1cccc(Cl)c1)N1CCN(c2cccc3[nH]c(=O)oc23)CC1. The number of nitrogens with one attached hydrogen (secondary N) is 1.